The Bertz CT molecular complexity index is 805. The molecule has 0 bridgehead atoms. The van der Waals surface area contributed by atoms with E-state index in [2.05, 4.69) is 51.5 Å². The Balaban J connectivity index is 1.40. The summed E-state index contributed by atoms with van der Waals surface area (Å²) in [5.41, 5.74) is 1.12. The van der Waals surface area contributed by atoms with Gasteiger partial charge >= 0.3 is 0 Å². The van der Waals surface area contributed by atoms with Crippen LogP contribution in [0.2, 0.25) is 5.02 Å². The van der Waals surface area contributed by atoms with Crippen LogP contribution in [0.15, 0.2) is 52.5 Å². The van der Waals surface area contributed by atoms with E-state index in [1.165, 1.54) is 4.90 Å². The SMILES string of the molecule is CN=C(NCCSc1ccc(Cl)cc1)NCc1ccc(N2CC(C)OC(C)C2)nc1. The molecule has 0 radical (unpaired) electrons. The molecule has 0 spiro atoms. The van der Waals surface area contributed by atoms with Gasteiger partial charge in [-0.2, -0.15) is 0 Å². The van der Waals surface area contributed by atoms with Gasteiger partial charge in [-0.15, -0.1) is 11.8 Å². The zero-order valence-electron chi connectivity index (χ0n) is 17.8. The number of nitrogens with zero attached hydrogens (tertiary/aromatic N) is 3. The monoisotopic (exact) mass is 447 g/mol. The van der Waals surface area contributed by atoms with E-state index in [1.807, 2.05) is 30.5 Å². The Labute approximate surface area is 188 Å². The fourth-order valence-corrected chi connectivity index (χ4v) is 4.24. The second kappa shape index (κ2) is 11.4. The number of aromatic nitrogens is 1. The topological polar surface area (TPSA) is 61.8 Å². The van der Waals surface area contributed by atoms with Crippen LogP contribution in [0.5, 0.6) is 0 Å². The third kappa shape index (κ3) is 7.07. The number of thioether (sulfide) groups is 1. The van der Waals surface area contributed by atoms with Crippen molar-refractivity contribution in [3.05, 3.63) is 53.2 Å². The number of halogens is 1. The maximum Gasteiger partial charge on any atom is 0.191 e. The molecule has 2 unspecified atom stereocenters. The standard InChI is InChI=1S/C22H30ClN5OS/c1-16-14-28(15-17(2)29-16)21-9-4-18(12-26-21)13-27-22(24-3)25-10-11-30-20-7-5-19(23)6-8-20/h4-9,12,16-17H,10-11,13-15H2,1-3H3,(H2,24,25,27). The molecule has 3 rings (SSSR count). The maximum absolute atomic E-state index is 5.92. The van der Waals surface area contributed by atoms with E-state index in [4.69, 9.17) is 16.3 Å². The molecule has 1 aliphatic heterocycles. The minimum atomic E-state index is 0.226. The van der Waals surface area contributed by atoms with Crippen molar-refractivity contribution in [2.24, 2.45) is 4.99 Å². The zero-order chi connectivity index (χ0) is 21.3. The highest BCUT2D eigenvalue weighted by atomic mass is 35.5. The molecule has 6 nitrogen and oxygen atoms in total. The molecule has 1 aromatic carbocycles. The van der Waals surface area contributed by atoms with Gasteiger partial charge in [0.1, 0.15) is 5.82 Å². The molecule has 1 aromatic heterocycles. The number of ether oxygens (including phenoxy) is 1. The van der Waals surface area contributed by atoms with Gasteiger partial charge in [-0.05, 0) is 49.7 Å². The van der Waals surface area contributed by atoms with Gasteiger partial charge in [0.2, 0.25) is 0 Å². The predicted molar refractivity (Wildman–Crippen MR) is 127 cm³/mol. The number of morpholine rings is 1. The number of anilines is 1. The first kappa shape index (κ1) is 22.7. The van der Waals surface area contributed by atoms with Crippen molar-refractivity contribution in [3.63, 3.8) is 0 Å². The molecule has 8 heteroatoms. The Morgan fingerprint density at radius 2 is 1.90 bits per heavy atom. The third-order valence-corrected chi connectivity index (χ3v) is 5.98. The molecule has 2 heterocycles. The summed E-state index contributed by atoms with van der Waals surface area (Å²) in [5.74, 6) is 2.73. The van der Waals surface area contributed by atoms with Crippen LogP contribution in [0.25, 0.3) is 0 Å². The Morgan fingerprint density at radius 3 is 2.53 bits per heavy atom. The highest BCUT2D eigenvalue weighted by Gasteiger charge is 2.22. The van der Waals surface area contributed by atoms with Gasteiger partial charge in [-0.25, -0.2) is 4.98 Å². The van der Waals surface area contributed by atoms with Crippen LogP contribution in [0.3, 0.4) is 0 Å². The van der Waals surface area contributed by atoms with Gasteiger partial charge in [0.05, 0.1) is 12.2 Å². The van der Waals surface area contributed by atoms with Crippen LogP contribution in [-0.4, -0.2) is 55.6 Å². The fraction of sp³-hybridized carbons (Fsp3) is 0.455. The summed E-state index contributed by atoms with van der Waals surface area (Å²) in [6, 6.07) is 12.1. The van der Waals surface area contributed by atoms with E-state index in [1.54, 1.807) is 18.8 Å². The maximum atomic E-state index is 5.92. The van der Waals surface area contributed by atoms with Crippen LogP contribution in [0.1, 0.15) is 19.4 Å². The summed E-state index contributed by atoms with van der Waals surface area (Å²) in [6.45, 7) is 7.45. The molecule has 0 amide bonds. The molecule has 1 fully saturated rings. The van der Waals surface area contributed by atoms with Gasteiger partial charge in [0, 0.05) is 55.1 Å². The van der Waals surface area contributed by atoms with Crippen LogP contribution < -0.4 is 15.5 Å². The molecular weight excluding hydrogens is 418 g/mol. The Kier molecular flexibility index (Phi) is 8.66. The van der Waals surface area contributed by atoms with E-state index in [0.717, 1.165) is 47.8 Å². The lowest BCUT2D eigenvalue weighted by Gasteiger charge is -2.36. The third-order valence-electron chi connectivity index (χ3n) is 4.71. The van der Waals surface area contributed by atoms with Crippen molar-refractivity contribution in [1.82, 2.24) is 15.6 Å². The Hall–Kier alpha value is -1.96. The first-order chi connectivity index (χ1) is 14.5. The van der Waals surface area contributed by atoms with Crippen LogP contribution in [-0.2, 0) is 11.3 Å². The molecule has 0 aliphatic carbocycles. The van der Waals surface area contributed by atoms with Crippen molar-refractivity contribution >= 4 is 35.1 Å². The number of aliphatic imine (C=N–C) groups is 1. The predicted octanol–water partition coefficient (Wildman–Crippen LogP) is 3.81. The molecule has 30 heavy (non-hydrogen) atoms. The molecular formula is C22H30ClN5OS. The average molecular weight is 448 g/mol. The highest BCUT2D eigenvalue weighted by molar-refractivity contribution is 7.99. The second-order valence-electron chi connectivity index (χ2n) is 7.34. The van der Waals surface area contributed by atoms with Gasteiger partial charge in [0.25, 0.3) is 0 Å². The van der Waals surface area contributed by atoms with Crippen LogP contribution >= 0.6 is 23.4 Å². The van der Waals surface area contributed by atoms with Gasteiger partial charge in [0.15, 0.2) is 5.96 Å². The molecule has 1 saturated heterocycles. The lowest BCUT2D eigenvalue weighted by Crippen LogP contribution is -2.45. The van der Waals surface area contributed by atoms with Gasteiger partial charge in [-0.3, -0.25) is 4.99 Å². The van der Waals surface area contributed by atoms with Crippen molar-refractivity contribution in [3.8, 4) is 0 Å². The quantitative estimate of drug-likeness (QED) is 0.291. The summed E-state index contributed by atoms with van der Waals surface area (Å²) in [5, 5.41) is 7.45. The number of pyridine rings is 1. The van der Waals surface area contributed by atoms with E-state index in [9.17, 15) is 0 Å². The first-order valence-electron chi connectivity index (χ1n) is 10.2. The van der Waals surface area contributed by atoms with Crippen molar-refractivity contribution in [2.45, 2.75) is 37.5 Å². The normalized spacial score (nSPS) is 19.6. The lowest BCUT2D eigenvalue weighted by atomic mass is 10.2. The molecule has 2 aromatic rings. The molecule has 1 aliphatic rings. The van der Waals surface area contributed by atoms with Crippen LogP contribution in [0, 0.1) is 0 Å². The highest BCUT2D eigenvalue weighted by Crippen LogP contribution is 2.20. The lowest BCUT2D eigenvalue weighted by molar-refractivity contribution is -0.00545. The van der Waals surface area contributed by atoms with Gasteiger partial charge < -0.3 is 20.3 Å². The smallest absolute Gasteiger partial charge is 0.191 e. The number of hydrogen-bond donors (Lipinski definition) is 2. The first-order valence-corrected chi connectivity index (χ1v) is 11.6. The van der Waals surface area contributed by atoms with E-state index in [-0.39, 0.29) is 12.2 Å². The number of rotatable bonds is 7. The number of guanidine groups is 1. The van der Waals surface area contributed by atoms with Crippen molar-refractivity contribution in [2.75, 3.05) is 37.3 Å². The number of benzene rings is 1. The summed E-state index contributed by atoms with van der Waals surface area (Å²) in [7, 11) is 1.78. The number of hydrogen-bond acceptors (Lipinski definition) is 5. The minimum absolute atomic E-state index is 0.226. The number of nitrogens with one attached hydrogen (secondary N) is 2. The van der Waals surface area contributed by atoms with Crippen molar-refractivity contribution in [1.29, 1.82) is 0 Å². The molecule has 0 saturated carbocycles. The minimum Gasteiger partial charge on any atom is -0.372 e. The summed E-state index contributed by atoms with van der Waals surface area (Å²) < 4.78 is 5.80. The molecule has 2 atom stereocenters. The average Bonchev–Trinajstić information content (AvgIpc) is 2.74. The molecule has 162 valence electrons. The Morgan fingerprint density at radius 1 is 1.17 bits per heavy atom. The van der Waals surface area contributed by atoms with Crippen molar-refractivity contribution < 1.29 is 4.74 Å². The van der Waals surface area contributed by atoms with Crippen LogP contribution in [0.4, 0.5) is 5.82 Å². The van der Waals surface area contributed by atoms with Gasteiger partial charge in [-0.1, -0.05) is 17.7 Å². The summed E-state index contributed by atoms with van der Waals surface area (Å²) >= 11 is 7.70. The van der Waals surface area contributed by atoms with E-state index < -0.39 is 0 Å². The van der Waals surface area contributed by atoms with E-state index >= 15 is 0 Å². The zero-order valence-corrected chi connectivity index (χ0v) is 19.3. The fourth-order valence-electron chi connectivity index (χ4n) is 3.35. The summed E-state index contributed by atoms with van der Waals surface area (Å²) in [4.78, 5) is 12.4. The summed E-state index contributed by atoms with van der Waals surface area (Å²) in [6.07, 6.45) is 2.38. The van der Waals surface area contributed by atoms with E-state index in [0.29, 0.717) is 6.54 Å². The largest absolute Gasteiger partial charge is 0.372 e. The molecule has 2 N–H and O–H groups in total. The second-order valence-corrected chi connectivity index (χ2v) is 8.95.